The molecule has 1 saturated heterocycles. The molecule has 2 aromatic carbocycles. The van der Waals surface area contributed by atoms with Crippen molar-refractivity contribution in [2.45, 2.75) is 25.7 Å². The van der Waals surface area contributed by atoms with Crippen LogP contribution in [0.5, 0.6) is 11.5 Å². The molecule has 0 aromatic heterocycles. The van der Waals surface area contributed by atoms with E-state index >= 15 is 0 Å². The van der Waals surface area contributed by atoms with Crippen LogP contribution in [0, 0.1) is 0 Å². The first-order valence-corrected chi connectivity index (χ1v) is 9.31. The molecular weight excluding hydrogens is 328 g/mol. The molecule has 0 aliphatic carbocycles. The van der Waals surface area contributed by atoms with Crippen molar-refractivity contribution >= 4 is 17.3 Å². The van der Waals surface area contributed by atoms with Crippen molar-refractivity contribution in [1.29, 1.82) is 0 Å². The molecule has 2 aliphatic heterocycles. The molecule has 4 rings (SSSR count). The Hall–Kier alpha value is -2.69. The fraction of sp³-hybridized carbons (Fsp3) is 0.381. The third-order valence-corrected chi connectivity index (χ3v) is 4.84. The Morgan fingerprint density at radius 3 is 2.42 bits per heavy atom. The van der Waals surface area contributed by atoms with Crippen LogP contribution in [0.1, 0.15) is 24.8 Å². The summed E-state index contributed by atoms with van der Waals surface area (Å²) in [5, 5.41) is 2.97. The third kappa shape index (κ3) is 3.93. The molecule has 0 spiro atoms. The van der Waals surface area contributed by atoms with Gasteiger partial charge in [0.1, 0.15) is 13.2 Å². The molecule has 2 aliphatic rings. The molecule has 1 N–H and O–H groups in total. The number of nitrogens with zero attached hydrogens (tertiary/aromatic N) is 1. The number of nitrogens with one attached hydrogen (secondary N) is 1. The average Bonchev–Trinajstić information content (AvgIpc) is 2.69. The first-order chi connectivity index (χ1) is 12.8. The molecule has 0 bridgehead atoms. The molecule has 0 saturated carbocycles. The smallest absolute Gasteiger partial charge is 0.228 e. The Morgan fingerprint density at radius 2 is 1.65 bits per heavy atom. The SMILES string of the molecule is O=C(Cc1ccc2c(c1)OCCO2)Nc1ccc(N2CCCCC2)cc1. The fourth-order valence-corrected chi connectivity index (χ4v) is 3.50. The molecule has 5 heteroatoms. The van der Waals surface area contributed by atoms with Gasteiger partial charge in [-0.1, -0.05) is 6.07 Å². The molecule has 1 fully saturated rings. The molecule has 136 valence electrons. The minimum Gasteiger partial charge on any atom is -0.486 e. The second kappa shape index (κ2) is 7.68. The average molecular weight is 352 g/mol. The first-order valence-electron chi connectivity index (χ1n) is 9.31. The highest BCUT2D eigenvalue weighted by atomic mass is 16.6. The number of amides is 1. The van der Waals surface area contributed by atoms with Gasteiger partial charge in [0.15, 0.2) is 11.5 Å². The van der Waals surface area contributed by atoms with Crippen LogP contribution in [0.3, 0.4) is 0 Å². The Balaban J connectivity index is 1.35. The molecular formula is C21H24N2O3. The second-order valence-electron chi connectivity index (χ2n) is 6.80. The number of carbonyl (C=O) groups excluding carboxylic acids is 1. The van der Waals surface area contributed by atoms with Gasteiger partial charge in [0.25, 0.3) is 0 Å². The van der Waals surface area contributed by atoms with E-state index < -0.39 is 0 Å². The summed E-state index contributed by atoms with van der Waals surface area (Å²) in [5.74, 6) is 1.42. The lowest BCUT2D eigenvalue weighted by Gasteiger charge is -2.28. The Bertz CT molecular complexity index is 767. The van der Waals surface area contributed by atoms with Gasteiger partial charge >= 0.3 is 0 Å². The number of hydrogen-bond donors (Lipinski definition) is 1. The van der Waals surface area contributed by atoms with Crippen molar-refractivity contribution in [2.75, 3.05) is 36.5 Å². The number of anilines is 2. The minimum absolute atomic E-state index is 0.0348. The van der Waals surface area contributed by atoms with Gasteiger partial charge in [-0.2, -0.15) is 0 Å². The number of rotatable bonds is 4. The minimum atomic E-state index is -0.0348. The quantitative estimate of drug-likeness (QED) is 0.913. The van der Waals surface area contributed by atoms with Gasteiger partial charge in [0.2, 0.25) is 5.91 Å². The highest BCUT2D eigenvalue weighted by Gasteiger charge is 2.14. The highest BCUT2D eigenvalue weighted by Crippen LogP contribution is 2.31. The summed E-state index contributed by atoms with van der Waals surface area (Å²) in [7, 11) is 0. The zero-order valence-corrected chi connectivity index (χ0v) is 14.9. The van der Waals surface area contributed by atoms with Crippen molar-refractivity contribution in [2.24, 2.45) is 0 Å². The van der Waals surface area contributed by atoms with Gasteiger partial charge in [-0.3, -0.25) is 4.79 Å². The Kier molecular flexibility index (Phi) is 4.95. The predicted molar refractivity (Wildman–Crippen MR) is 102 cm³/mol. The molecule has 26 heavy (non-hydrogen) atoms. The lowest BCUT2D eigenvalue weighted by atomic mass is 10.1. The maximum absolute atomic E-state index is 12.3. The van der Waals surface area contributed by atoms with Crippen LogP contribution in [0.4, 0.5) is 11.4 Å². The van der Waals surface area contributed by atoms with Crippen LogP contribution < -0.4 is 19.7 Å². The van der Waals surface area contributed by atoms with Gasteiger partial charge in [-0.05, 0) is 61.2 Å². The van der Waals surface area contributed by atoms with Crippen molar-refractivity contribution in [3.05, 3.63) is 48.0 Å². The van der Waals surface area contributed by atoms with E-state index in [0.29, 0.717) is 25.4 Å². The third-order valence-electron chi connectivity index (χ3n) is 4.84. The number of hydrogen-bond acceptors (Lipinski definition) is 4. The molecule has 0 unspecified atom stereocenters. The summed E-state index contributed by atoms with van der Waals surface area (Å²) in [6.45, 7) is 3.36. The molecule has 0 atom stereocenters. The maximum Gasteiger partial charge on any atom is 0.228 e. The predicted octanol–water partition coefficient (Wildman–Crippen LogP) is 3.63. The Morgan fingerprint density at radius 1 is 0.923 bits per heavy atom. The molecule has 2 aromatic rings. The van der Waals surface area contributed by atoms with Crippen molar-refractivity contribution in [1.82, 2.24) is 0 Å². The number of carbonyl (C=O) groups is 1. The summed E-state index contributed by atoms with van der Waals surface area (Å²) in [6.07, 6.45) is 4.15. The molecule has 1 amide bonds. The van der Waals surface area contributed by atoms with E-state index in [9.17, 15) is 4.79 Å². The van der Waals surface area contributed by atoms with Crippen LogP contribution in [0.2, 0.25) is 0 Å². The van der Waals surface area contributed by atoms with Crippen molar-refractivity contribution in [3.63, 3.8) is 0 Å². The van der Waals surface area contributed by atoms with Crippen molar-refractivity contribution in [3.8, 4) is 11.5 Å². The van der Waals surface area contributed by atoms with Gasteiger partial charge in [-0.25, -0.2) is 0 Å². The summed E-state index contributed by atoms with van der Waals surface area (Å²) in [4.78, 5) is 14.7. The van der Waals surface area contributed by atoms with E-state index in [1.54, 1.807) is 0 Å². The molecule has 5 nitrogen and oxygen atoms in total. The van der Waals surface area contributed by atoms with E-state index in [0.717, 1.165) is 30.1 Å². The van der Waals surface area contributed by atoms with Crippen LogP contribution >= 0.6 is 0 Å². The van der Waals surface area contributed by atoms with E-state index in [-0.39, 0.29) is 5.91 Å². The largest absolute Gasteiger partial charge is 0.486 e. The van der Waals surface area contributed by atoms with Gasteiger partial charge < -0.3 is 19.7 Å². The summed E-state index contributed by atoms with van der Waals surface area (Å²) >= 11 is 0. The normalized spacial score (nSPS) is 16.2. The lowest BCUT2D eigenvalue weighted by molar-refractivity contribution is -0.115. The number of benzene rings is 2. The van der Waals surface area contributed by atoms with Crippen molar-refractivity contribution < 1.29 is 14.3 Å². The number of fused-ring (bicyclic) bond motifs is 1. The van der Waals surface area contributed by atoms with E-state index in [1.165, 1.54) is 24.9 Å². The number of ether oxygens (including phenoxy) is 2. The standard InChI is InChI=1S/C21H24N2O3/c24-21(15-16-4-9-19-20(14-16)26-13-12-25-19)22-17-5-7-18(8-6-17)23-10-2-1-3-11-23/h4-9,14H,1-3,10-13,15H2,(H,22,24). The van der Waals surface area contributed by atoms with Gasteiger partial charge in [0, 0.05) is 24.5 Å². The summed E-state index contributed by atoms with van der Waals surface area (Å²) < 4.78 is 11.1. The van der Waals surface area contributed by atoms with Gasteiger partial charge in [-0.15, -0.1) is 0 Å². The Labute approximate surface area is 153 Å². The molecule has 2 heterocycles. The zero-order valence-electron chi connectivity index (χ0n) is 14.9. The van der Waals surface area contributed by atoms with E-state index in [4.69, 9.17) is 9.47 Å². The number of piperidine rings is 1. The van der Waals surface area contributed by atoms with Crippen LogP contribution in [0.25, 0.3) is 0 Å². The van der Waals surface area contributed by atoms with E-state index in [1.807, 2.05) is 30.3 Å². The van der Waals surface area contributed by atoms with Gasteiger partial charge in [0.05, 0.1) is 6.42 Å². The zero-order chi connectivity index (χ0) is 17.8. The first kappa shape index (κ1) is 16.8. The van der Waals surface area contributed by atoms with E-state index in [2.05, 4.69) is 22.3 Å². The highest BCUT2D eigenvalue weighted by molar-refractivity contribution is 5.92. The monoisotopic (exact) mass is 352 g/mol. The maximum atomic E-state index is 12.3. The lowest BCUT2D eigenvalue weighted by Crippen LogP contribution is -2.29. The second-order valence-corrected chi connectivity index (χ2v) is 6.80. The topological polar surface area (TPSA) is 50.8 Å². The van der Waals surface area contributed by atoms with Crippen LogP contribution in [-0.2, 0) is 11.2 Å². The van der Waals surface area contributed by atoms with Crippen LogP contribution in [-0.4, -0.2) is 32.2 Å². The fourth-order valence-electron chi connectivity index (χ4n) is 3.50. The summed E-state index contributed by atoms with van der Waals surface area (Å²) in [6, 6.07) is 13.8. The summed E-state index contributed by atoms with van der Waals surface area (Å²) in [5.41, 5.74) is 2.97. The van der Waals surface area contributed by atoms with Crippen LogP contribution in [0.15, 0.2) is 42.5 Å². The molecule has 0 radical (unpaired) electrons.